The minimum atomic E-state index is 0.507. The summed E-state index contributed by atoms with van der Waals surface area (Å²) in [4.78, 5) is 0. The molecule has 1 rings (SSSR count). The minimum Gasteiger partial charge on any atom is -0.303 e. The van der Waals surface area contributed by atoms with Crippen LogP contribution in [0.3, 0.4) is 0 Å². The van der Waals surface area contributed by atoms with Crippen LogP contribution in [0.5, 0.6) is 0 Å². The summed E-state index contributed by atoms with van der Waals surface area (Å²) in [5.74, 6) is 3.01. The SMILES string of the molecule is C#CC[N+](CCCCCC)(CCCCCC)C(I)Cc1ccc(Cl)cc1. The molecule has 0 N–H and O–H groups in total. The van der Waals surface area contributed by atoms with Crippen molar-refractivity contribution in [2.24, 2.45) is 0 Å². The number of hydrogen-bond donors (Lipinski definition) is 0. The molecule has 0 aliphatic carbocycles. The van der Waals surface area contributed by atoms with Gasteiger partial charge in [0, 0.05) is 11.4 Å². The Bertz CT molecular complexity index is 508. The summed E-state index contributed by atoms with van der Waals surface area (Å²) in [7, 11) is 0. The average molecular weight is 489 g/mol. The van der Waals surface area contributed by atoms with Crippen LogP contribution in [0.4, 0.5) is 0 Å². The number of rotatable bonds is 14. The van der Waals surface area contributed by atoms with E-state index in [1.165, 1.54) is 70.0 Å². The minimum absolute atomic E-state index is 0.507. The lowest BCUT2D eigenvalue weighted by Crippen LogP contribution is -2.55. The zero-order valence-electron chi connectivity index (χ0n) is 16.7. The van der Waals surface area contributed by atoms with E-state index in [0.717, 1.165) is 22.5 Å². The van der Waals surface area contributed by atoms with Crippen molar-refractivity contribution in [3.05, 3.63) is 34.9 Å². The smallest absolute Gasteiger partial charge is 0.144 e. The maximum atomic E-state index is 6.05. The van der Waals surface area contributed by atoms with Gasteiger partial charge in [0.2, 0.25) is 0 Å². The highest BCUT2D eigenvalue weighted by Gasteiger charge is 2.33. The maximum Gasteiger partial charge on any atom is 0.144 e. The number of alkyl halides is 1. The van der Waals surface area contributed by atoms with Crippen LogP contribution >= 0.6 is 34.2 Å². The Labute approximate surface area is 180 Å². The number of quaternary nitrogens is 1. The highest BCUT2D eigenvalue weighted by atomic mass is 127. The fourth-order valence-corrected chi connectivity index (χ4v) is 4.94. The molecule has 0 radical (unpaired) electrons. The van der Waals surface area contributed by atoms with Gasteiger partial charge in [-0.3, -0.25) is 0 Å². The number of benzene rings is 1. The molecule has 0 saturated heterocycles. The van der Waals surface area contributed by atoms with Crippen LogP contribution in [0.1, 0.15) is 70.8 Å². The van der Waals surface area contributed by atoms with E-state index in [4.69, 9.17) is 18.0 Å². The van der Waals surface area contributed by atoms with E-state index in [0.29, 0.717) is 4.05 Å². The standard InChI is InChI=1S/C23H36ClIN/c1-4-7-9-11-18-26(17-6-3,19-12-10-8-5-2)23(25)20-21-13-15-22(24)16-14-21/h3,13-16,23H,4-5,7-12,17-20H2,1-2H3/q+1. The van der Waals surface area contributed by atoms with Crippen molar-refractivity contribution >= 4 is 34.2 Å². The molecule has 0 saturated carbocycles. The normalized spacial score (nSPS) is 12.7. The fourth-order valence-electron chi connectivity index (χ4n) is 3.55. The molecule has 146 valence electrons. The van der Waals surface area contributed by atoms with Crippen molar-refractivity contribution in [2.75, 3.05) is 19.6 Å². The van der Waals surface area contributed by atoms with Crippen molar-refractivity contribution in [2.45, 2.75) is 75.7 Å². The molecule has 0 aliphatic heterocycles. The lowest BCUT2D eigenvalue weighted by atomic mass is 10.1. The first kappa shape index (κ1) is 23.8. The van der Waals surface area contributed by atoms with Crippen LogP contribution in [0.15, 0.2) is 24.3 Å². The average Bonchev–Trinajstić information content (AvgIpc) is 2.64. The molecule has 0 aliphatic rings. The van der Waals surface area contributed by atoms with Crippen molar-refractivity contribution < 1.29 is 4.48 Å². The predicted molar refractivity (Wildman–Crippen MR) is 125 cm³/mol. The number of terminal acetylenes is 1. The van der Waals surface area contributed by atoms with Gasteiger partial charge in [-0.05, 0) is 71.9 Å². The second kappa shape index (κ2) is 13.9. The van der Waals surface area contributed by atoms with Crippen molar-refractivity contribution in [1.82, 2.24) is 0 Å². The third kappa shape index (κ3) is 8.63. The van der Waals surface area contributed by atoms with Gasteiger partial charge in [-0.25, -0.2) is 0 Å². The number of unbranched alkanes of at least 4 members (excludes halogenated alkanes) is 6. The van der Waals surface area contributed by atoms with Gasteiger partial charge in [0.25, 0.3) is 0 Å². The summed E-state index contributed by atoms with van der Waals surface area (Å²) in [5.41, 5.74) is 1.36. The molecule has 1 aromatic rings. The van der Waals surface area contributed by atoms with E-state index in [1.54, 1.807) is 0 Å². The fraction of sp³-hybridized carbons (Fsp3) is 0.652. The molecule has 0 aromatic heterocycles. The second-order valence-corrected chi connectivity index (χ2v) is 9.29. The van der Waals surface area contributed by atoms with Gasteiger partial charge in [0.1, 0.15) is 10.6 Å². The topological polar surface area (TPSA) is 0 Å². The van der Waals surface area contributed by atoms with Gasteiger partial charge in [-0.1, -0.05) is 63.3 Å². The Hall–Kier alpha value is -0.240. The largest absolute Gasteiger partial charge is 0.303 e. The van der Waals surface area contributed by atoms with Crippen molar-refractivity contribution in [3.63, 3.8) is 0 Å². The van der Waals surface area contributed by atoms with E-state index in [1.807, 2.05) is 12.1 Å². The van der Waals surface area contributed by atoms with Crippen LogP contribution in [-0.4, -0.2) is 28.2 Å². The third-order valence-corrected chi connectivity index (χ3v) is 7.11. The Morgan fingerprint density at radius 3 is 1.96 bits per heavy atom. The van der Waals surface area contributed by atoms with Crippen LogP contribution in [0, 0.1) is 12.3 Å². The first-order valence-corrected chi connectivity index (χ1v) is 11.9. The highest BCUT2D eigenvalue weighted by Crippen LogP contribution is 2.27. The Kier molecular flexibility index (Phi) is 12.7. The second-order valence-electron chi connectivity index (χ2n) is 7.41. The highest BCUT2D eigenvalue weighted by molar-refractivity contribution is 14.1. The van der Waals surface area contributed by atoms with Crippen LogP contribution in [0.2, 0.25) is 5.02 Å². The molecule has 0 bridgehead atoms. The molecule has 0 fully saturated rings. The molecule has 0 spiro atoms. The van der Waals surface area contributed by atoms with Gasteiger partial charge < -0.3 is 4.48 Å². The first-order chi connectivity index (χ1) is 12.6. The molecular formula is C23H36ClIN+. The summed E-state index contributed by atoms with van der Waals surface area (Å²) < 4.78 is 1.57. The van der Waals surface area contributed by atoms with Gasteiger partial charge >= 0.3 is 0 Å². The molecule has 26 heavy (non-hydrogen) atoms. The zero-order valence-corrected chi connectivity index (χ0v) is 19.6. The van der Waals surface area contributed by atoms with Crippen molar-refractivity contribution in [1.29, 1.82) is 0 Å². The molecule has 3 heteroatoms. The number of halogens is 2. The monoisotopic (exact) mass is 488 g/mol. The molecular weight excluding hydrogens is 453 g/mol. The van der Waals surface area contributed by atoms with Crippen LogP contribution < -0.4 is 0 Å². The first-order valence-electron chi connectivity index (χ1n) is 10.3. The zero-order chi connectivity index (χ0) is 19.3. The molecule has 0 heterocycles. The summed E-state index contributed by atoms with van der Waals surface area (Å²) in [6.45, 7) is 7.81. The van der Waals surface area contributed by atoms with E-state index < -0.39 is 0 Å². The molecule has 0 amide bonds. The van der Waals surface area contributed by atoms with E-state index >= 15 is 0 Å². The van der Waals surface area contributed by atoms with E-state index in [-0.39, 0.29) is 0 Å². The number of nitrogens with zero attached hydrogens (tertiary/aromatic N) is 1. The van der Waals surface area contributed by atoms with Gasteiger partial charge in [0.15, 0.2) is 0 Å². The third-order valence-electron chi connectivity index (χ3n) is 5.23. The van der Waals surface area contributed by atoms with Gasteiger partial charge in [-0.15, -0.1) is 6.42 Å². The summed E-state index contributed by atoms with van der Waals surface area (Å²) in [6.07, 6.45) is 17.3. The Morgan fingerprint density at radius 1 is 0.962 bits per heavy atom. The lowest BCUT2D eigenvalue weighted by molar-refractivity contribution is -0.927. The Balaban J connectivity index is 2.85. The molecule has 1 atom stereocenters. The quantitative estimate of drug-likeness (QED) is 0.0646. The van der Waals surface area contributed by atoms with E-state index in [9.17, 15) is 0 Å². The number of hydrogen-bond acceptors (Lipinski definition) is 0. The maximum absolute atomic E-state index is 6.05. The lowest BCUT2D eigenvalue weighted by Gasteiger charge is -2.42. The van der Waals surface area contributed by atoms with Gasteiger partial charge in [0.05, 0.1) is 13.1 Å². The summed E-state index contributed by atoms with van der Waals surface area (Å²) >= 11 is 8.71. The molecule has 1 aromatic carbocycles. The molecule has 1 unspecified atom stereocenters. The van der Waals surface area contributed by atoms with Crippen molar-refractivity contribution in [3.8, 4) is 12.3 Å². The predicted octanol–water partition coefficient (Wildman–Crippen LogP) is 7.25. The van der Waals surface area contributed by atoms with Crippen LogP contribution in [0.25, 0.3) is 0 Å². The van der Waals surface area contributed by atoms with Gasteiger partial charge in [-0.2, -0.15) is 0 Å². The summed E-state index contributed by atoms with van der Waals surface area (Å²) in [5, 5.41) is 0.808. The Morgan fingerprint density at radius 2 is 1.50 bits per heavy atom. The van der Waals surface area contributed by atoms with Crippen LogP contribution in [-0.2, 0) is 6.42 Å². The summed E-state index contributed by atoms with van der Waals surface area (Å²) in [6, 6.07) is 8.32. The molecule has 1 nitrogen and oxygen atoms in total. The van der Waals surface area contributed by atoms with E-state index in [2.05, 4.69) is 54.5 Å².